The summed E-state index contributed by atoms with van der Waals surface area (Å²) < 4.78 is 36.2. The highest BCUT2D eigenvalue weighted by Crippen LogP contribution is 2.11. The molecular formula is C14H24ClN3O5S. The summed E-state index contributed by atoms with van der Waals surface area (Å²) in [6.07, 6.45) is 0. The summed E-state index contributed by atoms with van der Waals surface area (Å²) in [4.78, 5) is 11.8. The van der Waals surface area contributed by atoms with Crippen LogP contribution in [0.5, 0.6) is 0 Å². The van der Waals surface area contributed by atoms with E-state index < -0.39 is 16.1 Å². The molecule has 1 rings (SSSR count). The minimum atomic E-state index is -3.61. The van der Waals surface area contributed by atoms with E-state index in [2.05, 4.69) is 10.0 Å². The SMILES string of the molecule is COCCNS(=O)(=O)c1cccc(CNC(=O)C(N)COC)c1.Cl. The Labute approximate surface area is 148 Å². The van der Waals surface area contributed by atoms with Crippen LogP contribution in [0.25, 0.3) is 0 Å². The zero-order valence-electron chi connectivity index (χ0n) is 13.7. The number of hydrogen-bond donors (Lipinski definition) is 3. The van der Waals surface area contributed by atoms with Crippen LogP contribution < -0.4 is 15.8 Å². The lowest BCUT2D eigenvalue weighted by atomic mass is 10.2. The second-order valence-electron chi connectivity index (χ2n) is 4.82. The van der Waals surface area contributed by atoms with Gasteiger partial charge >= 0.3 is 0 Å². The zero-order valence-corrected chi connectivity index (χ0v) is 15.3. The van der Waals surface area contributed by atoms with Crippen LogP contribution in [-0.2, 0) is 30.8 Å². The molecule has 0 saturated heterocycles. The third kappa shape index (κ3) is 7.56. The number of nitrogens with two attached hydrogens (primary N) is 1. The number of hydrogen-bond acceptors (Lipinski definition) is 6. The van der Waals surface area contributed by atoms with E-state index in [9.17, 15) is 13.2 Å². The van der Waals surface area contributed by atoms with Gasteiger partial charge in [0, 0.05) is 27.3 Å². The fourth-order valence-corrected chi connectivity index (χ4v) is 2.84. The summed E-state index contributed by atoms with van der Waals surface area (Å²) in [6, 6.07) is 5.55. The highest BCUT2D eigenvalue weighted by molar-refractivity contribution is 7.89. The number of benzene rings is 1. The monoisotopic (exact) mass is 381 g/mol. The standard InChI is InChI=1S/C14H23N3O5S.ClH/c1-21-7-6-17-23(19,20)12-5-3-4-11(8-12)9-16-14(18)13(15)10-22-2;/h3-5,8,13,17H,6-7,9-10,15H2,1-2H3,(H,16,18);1H. The first-order chi connectivity index (χ1) is 10.9. The van der Waals surface area contributed by atoms with Crippen molar-refractivity contribution < 1.29 is 22.7 Å². The van der Waals surface area contributed by atoms with Crippen LogP contribution in [0, 0.1) is 0 Å². The first-order valence-electron chi connectivity index (χ1n) is 7.00. The topological polar surface area (TPSA) is 120 Å². The lowest BCUT2D eigenvalue weighted by molar-refractivity contribution is -0.123. The fourth-order valence-electron chi connectivity index (χ4n) is 1.76. The third-order valence-corrected chi connectivity index (χ3v) is 4.42. The molecule has 0 fully saturated rings. The fraction of sp³-hybridized carbons (Fsp3) is 0.500. The molecule has 10 heteroatoms. The summed E-state index contributed by atoms with van der Waals surface area (Å²) in [7, 11) is -0.658. The molecule has 1 unspecified atom stereocenters. The predicted molar refractivity (Wildman–Crippen MR) is 92.5 cm³/mol. The van der Waals surface area contributed by atoms with Gasteiger partial charge in [-0.1, -0.05) is 12.1 Å². The summed E-state index contributed by atoms with van der Waals surface area (Å²) in [6.45, 7) is 0.763. The van der Waals surface area contributed by atoms with E-state index in [0.717, 1.165) is 0 Å². The Kier molecular flexibility index (Phi) is 10.8. The molecule has 0 aliphatic carbocycles. The average Bonchev–Trinajstić information content (AvgIpc) is 2.53. The number of halogens is 1. The van der Waals surface area contributed by atoms with Crippen molar-refractivity contribution in [3.05, 3.63) is 29.8 Å². The molecule has 0 bridgehead atoms. The summed E-state index contributed by atoms with van der Waals surface area (Å²) >= 11 is 0. The van der Waals surface area contributed by atoms with Gasteiger partial charge in [-0.05, 0) is 17.7 Å². The van der Waals surface area contributed by atoms with Gasteiger partial charge in [-0.2, -0.15) is 0 Å². The van der Waals surface area contributed by atoms with Gasteiger partial charge in [-0.15, -0.1) is 12.4 Å². The van der Waals surface area contributed by atoms with Gasteiger partial charge in [-0.3, -0.25) is 4.79 Å². The molecule has 0 radical (unpaired) electrons. The highest BCUT2D eigenvalue weighted by atomic mass is 35.5. The molecular weight excluding hydrogens is 358 g/mol. The number of carbonyl (C=O) groups is 1. The number of sulfonamides is 1. The largest absolute Gasteiger partial charge is 0.383 e. The smallest absolute Gasteiger partial charge is 0.240 e. The van der Waals surface area contributed by atoms with Crippen molar-refractivity contribution in [1.29, 1.82) is 0 Å². The van der Waals surface area contributed by atoms with Crippen molar-refractivity contribution in [1.82, 2.24) is 10.0 Å². The number of amides is 1. The molecule has 0 aliphatic heterocycles. The molecule has 1 atom stereocenters. The van der Waals surface area contributed by atoms with Gasteiger partial charge in [0.25, 0.3) is 0 Å². The lowest BCUT2D eigenvalue weighted by Gasteiger charge is -2.12. The van der Waals surface area contributed by atoms with Crippen LogP contribution in [0.3, 0.4) is 0 Å². The Morgan fingerprint density at radius 1 is 1.29 bits per heavy atom. The van der Waals surface area contributed by atoms with Crippen molar-refractivity contribution in [3.63, 3.8) is 0 Å². The van der Waals surface area contributed by atoms with E-state index in [4.69, 9.17) is 15.2 Å². The number of ether oxygens (including phenoxy) is 2. The maximum atomic E-state index is 12.1. The van der Waals surface area contributed by atoms with Crippen LogP contribution >= 0.6 is 12.4 Å². The second kappa shape index (κ2) is 11.3. The Morgan fingerprint density at radius 2 is 2.00 bits per heavy atom. The van der Waals surface area contributed by atoms with Crippen molar-refractivity contribution in [3.8, 4) is 0 Å². The maximum Gasteiger partial charge on any atom is 0.240 e. The molecule has 0 heterocycles. The molecule has 1 aromatic rings. The highest BCUT2D eigenvalue weighted by Gasteiger charge is 2.15. The lowest BCUT2D eigenvalue weighted by Crippen LogP contribution is -2.43. The summed E-state index contributed by atoms with van der Waals surface area (Å²) in [5.41, 5.74) is 6.25. The molecule has 0 saturated carbocycles. The predicted octanol–water partition coefficient (Wildman–Crippen LogP) is -0.377. The van der Waals surface area contributed by atoms with Crippen LogP contribution in [-0.4, -0.2) is 54.3 Å². The van der Waals surface area contributed by atoms with Crippen molar-refractivity contribution in [2.75, 3.05) is 34.0 Å². The van der Waals surface area contributed by atoms with Gasteiger partial charge in [-0.25, -0.2) is 13.1 Å². The first-order valence-corrected chi connectivity index (χ1v) is 8.49. The Bertz CT molecular complexity index is 612. The number of carbonyl (C=O) groups excluding carboxylic acids is 1. The van der Waals surface area contributed by atoms with E-state index in [1.54, 1.807) is 12.1 Å². The number of rotatable bonds is 10. The molecule has 1 amide bonds. The summed E-state index contributed by atoms with van der Waals surface area (Å²) in [5.74, 6) is -0.363. The molecule has 4 N–H and O–H groups in total. The van der Waals surface area contributed by atoms with Crippen LogP contribution in [0.15, 0.2) is 29.2 Å². The normalized spacial score (nSPS) is 12.3. The van der Waals surface area contributed by atoms with Crippen molar-refractivity contribution >= 4 is 28.3 Å². The van der Waals surface area contributed by atoms with Crippen LogP contribution in [0.4, 0.5) is 0 Å². The van der Waals surface area contributed by atoms with Gasteiger partial charge in [0.15, 0.2) is 0 Å². The van der Waals surface area contributed by atoms with E-state index in [-0.39, 0.29) is 49.5 Å². The zero-order chi connectivity index (χ0) is 17.3. The molecule has 0 aromatic heterocycles. The quantitative estimate of drug-likeness (QED) is 0.475. The number of methoxy groups -OCH3 is 2. The third-order valence-electron chi connectivity index (χ3n) is 2.96. The maximum absolute atomic E-state index is 12.1. The molecule has 138 valence electrons. The summed E-state index contributed by atoms with van der Waals surface area (Å²) in [5, 5.41) is 2.64. The van der Waals surface area contributed by atoms with Crippen molar-refractivity contribution in [2.45, 2.75) is 17.5 Å². The minimum Gasteiger partial charge on any atom is -0.383 e. The van der Waals surface area contributed by atoms with Crippen molar-refractivity contribution in [2.24, 2.45) is 5.73 Å². The number of nitrogens with one attached hydrogen (secondary N) is 2. The Balaban J connectivity index is 0.00000529. The van der Waals surface area contributed by atoms with Gasteiger partial charge in [0.1, 0.15) is 6.04 Å². The molecule has 8 nitrogen and oxygen atoms in total. The first kappa shape index (κ1) is 22.8. The molecule has 24 heavy (non-hydrogen) atoms. The Hall–Kier alpha value is -1.23. The van der Waals surface area contributed by atoms with Gasteiger partial charge in [0.2, 0.25) is 15.9 Å². The average molecular weight is 382 g/mol. The van der Waals surface area contributed by atoms with E-state index in [1.807, 2.05) is 0 Å². The van der Waals surface area contributed by atoms with Crippen LogP contribution in [0.1, 0.15) is 5.56 Å². The van der Waals surface area contributed by atoms with E-state index in [0.29, 0.717) is 5.56 Å². The van der Waals surface area contributed by atoms with E-state index >= 15 is 0 Å². The van der Waals surface area contributed by atoms with Crippen LogP contribution in [0.2, 0.25) is 0 Å². The van der Waals surface area contributed by atoms with Gasteiger partial charge < -0.3 is 20.5 Å². The second-order valence-corrected chi connectivity index (χ2v) is 6.58. The van der Waals surface area contributed by atoms with E-state index in [1.165, 1.54) is 26.4 Å². The van der Waals surface area contributed by atoms with Gasteiger partial charge in [0.05, 0.1) is 18.1 Å². The molecule has 0 aliphatic rings. The minimum absolute atomic E-state index is 0. The molecule has 1 aromatic carbocycles. The Morgan fingerprint density at radius 3 is 2.62 bits per heavy atom. The molecule has 0 spiro atoms.